The van der Waals surface area contributed by atoms with E-state index in [1.807, 2.05) is 0 Å². The van der Waals surface area contributed by atoms with Crippen LogP contribution in [0, 0.1) is 13.8 Å². The molecule has 2 N–H and O–H groups in total. The summed E-state index contributed by atoms with van der Waals surface area (Å²) in [4.78, 5) is 7.77. The van der Waals surface area contributed by atoms with Crippen LogP contribution in [-0.4, -0.2) is 19.7 Å². The van der Waals surface area contributed by atoms with Crippen molar-refractivity contribution in [2.75, 3.05) is 5.73 Å². The molecule has 0 atom stereocenters. The first kappa shape index (κ1) is 11.4. The number of nitrogens with zero attached hydrogens (tertiary/aromatic N) is 4. The van der Waals surface area contributed by atoms with E-state index < -0.39 is 6.43 Å². The van der Waals surface area contributed by atoms with Crippen molar-refractivity contribution in [1.29, 1.82) is 0 Å². The van der Waals surface area contributed by atoms with Crippen LogP contribution in [0.5, 0.6) is 0 Å². The second kappa shape index (κ2) is 4.08. The highest BCUT2D eigenvalue weighted by Gasteiger charge is 2.17. The van der Waals surface area contributed by atoms with E-state index in [2.05, 4.69) is 15.1 Å². The topological polar surface area (TPSA) is 69.6 Å². The molecule has 5 nitrogen and oxygen atoms in total. The Morgan fingerprint density at radius 3 is 2.47 bits per heavy atom. The summed E-state index contributed by atoms with van der Waals surface area (Å²) in [6, 6.07) is 2.87. The molecule has 2 aromatic rings. The van der Waals surface area contributed by atoms with Gasteiger partial charge in [0.25, 0.3) is 6.43 Å². The molecule has 0 radical (unpaired) electrons. The Kier molecular flexibility index (Phi) is 2.74. The number of hydrogen-bond donors (Lipinski definition) is 1. The maximum Gasteiger partial charge on any atom is 0.280 e. The smallest absolute Gasteiger partial charge is 0.280 e. The summed E-state index contributed by atoms with van der Waals surface area (Å²) in [5.74, 6) is 0.284. The van der Waals surface area contributed by atoms with Crippen molar-refractivity contribution in [1.82, 2.24) is 19.7 Å². The lowest BCUT2D eigenvalue weighted by Gasteiger charge is -2.06. The van der Waals surface area contributed by atoms with Crippen molar-refractivity contribution in [3.05, 3.63) is 29.2 Å². The number of nitrogen functional groups attached to an aromatic ring is 1. The Morgan fingerprint density at radius 1 is 1.18 bits per heavy atom. The Morgan fingerprint density at radius 2 is 1.88 bits per heavy atom. The molecule has 2 rings (SSSR count). The van der Waals surface area contributed by atoms with Gasteiger partial charge in [0, 0.05) is 11.8 Å². The van der Waals surface area contributed by atoms with Gasteiger partial charge in [-0.1, -0.05) is 0 Å². The van der Waals surface area contributed by atoms with E-state index in [-0.39, 0.29) is 17.5 Å². The summed E-state index contributed by atoms with van der Waals surface area (Å²) in [6.07, 6.45) is -2.62. The van der Waals surface area contributed by atoms with Gasteiger partial charge in [0.2, 0.25) is 5.95 Å². The number of aromatic nitrogens is 4. The highest BCUT2D eigenvalue weighted by Crippen LogP contribution is 2.22. The van der Waals surface area contributed by atoms with E-state index in [9.17, 15) is 8.78 Å². The van der Waals surface area contributed by atoms with Crippen molar-refractivity contribution in [2.45, 2.75) is 20.3 Å². The maximum absolute atomic E-state index is 12.8. The minimum atomic E-state index is -2.62. The quantitative estimate of drug-likeness (QED) is 0.867. The zero-order chi connectivity index (χ0) is 12.6. The Balaban J connectivity index is 2.59. The van der Waals surface area contributed by atoms with Crippen molar-refractivity contribution < 1.29 is 8.78 Å². The largest absolute Gasteiger partial charge is 0.368 e. The minimum absolute atomic E-state index is 0.0355. The lowest BCUT2D eigenvalue weighted by atomic mass is 10.3. The van der Waals surface area contributed by atoms with Crippen LogP contribution in [0.2, 0.25) is 0 Å². The molecule has 0 spiro atoms. The fourth-order valence-corrected chi connectivity index (χ4v) is 1.54. The third kappa shape index (κ3) is 2.22. The van der Waals surface area contributed by atoms with Crippen molar-refractivity contribution in [3.8, 4) is 5.82 Å². The van der Waals surface area contributed by atoms with Gasteiger partial charge in [-0.05, 0) is 19.9 Å². The highest BCUT2D eigenvalue weighted by atomic mass is 19.3. The highest BCUT2D eigenvalue weighted by molar-refractivity contribution is 5.33. The van der Waals surface area contributed by atoms with Crippen molar-refractivity contribution >= 4 is 5.95 Å². The van der Waals surface area contributed by atoms with Gasteiger partial charge in [-0.15, -0.1) is 0 Å². The van der Waals surface area contributed by atoms with Gasteiger partial charge < -0.3 is 5.73 Å². The zero-order valence-electron chi connectivity index (χ0n) is 9.35. The van der Waals surface area contributed by atoms with E-state index >= 15 is 0 Å². The van der Waals surface area contributed by atoms with Crippen molar-refractivity contribution in [3.63, 3.8) is 0 Å². The number of halogens is 2. The van der Waals surface area contributed by atoms with Gasteiger partial charge in [-0.2, -0.15) is 10.1 Å². The molecule has 0 bridgehead atoms. The van der Waals surface area contributed by atoms with Gasteiger partial charge in [0.05, 0.1) is 5.69 Å². The van der Waals surface area contributed by atoms with Crippen LogP contribution in [0.4, 0.5) is 14.7 Å². The van der Waals surface area contributed by atoms with E-state index in [1.165, 1.54) is 6.07 Å². The molecule has 17 heavy (non-hydrogen) atoms. The monoisotopic (exact) mass is 239 g/mol. The minimum Gasteiger partial charge on any atom is -0.368 e. The molecular formula is C10H11F2N5. The van der Waals surface area contributed by atoms with Crippen LogP contribution in [0.3, 0.4) is 0 Å². The van der Waals surface area contributed by atoms with Gasteiger partial charge in [0.15, 0.2) is 5.82 Å². The lowest BCUT2D eigenvalue weighted by molar-refractivity contribution is 0.142. The van der Waals surface area contributed by atoms with Gasteiger partial charge in [0.1, 0.15) is 5.69 Å². The first-order valence-corrected chi connectivity index (χ1v) is 4.93. The molecule has 90 valence electrons. The van der Waals surface area contributed by atoms with Gasteiger partial charge in [-0.25, -0.2) is 18.4 Å². The van der Waals surface area contributed by atoms with Crippen LogP contribution in [0.15, 0.2) is 12.1 Å². The lowest BCUT2D eigenvalue weighted by Crippen LogP contribution is -2.08. The van der Waals surface area contributed by atoms with Crippen LogP contribution >= 0.6 is 0 Å². The molecular weight excluding hydrogens is 228 g/mol. The number of alkyl halides is 2. The fraction of sp³-hybridized carbons (Fsp3) is 0.300. The van der Waals surface area contributed by atoms with Crippen molar-refractivity contribution in [2.24, 2.45) is 0 Å². The Hall–Kier alpha value is -2.05. The summed E-state index contributed by atoms with van der Waals surface area (Å²) >= 11 is 0. The van der Waals surface area contributed by atoms with Crippen LogP contribution in [0.1, 0.15) is 23.5 Å². The molecule has 0 aliphatic carbocycles. The molecule has 0 aliphatic heterocycles. The molecule has 0 aliphatic rings. The van der Waals surface area contributed by atoms with Crippen LogP contribution in [0.25, 0.3) is 5.82 Å². The average Bonchev–Trinajstić information content (AvgIpc) is 2.59. The standard InChI is InChI=1S/C10H11F2N5/c1-5-4-8(15-10(13)14-5)17-7(9(11)12)3-6(2)16-17/h3-4,9H,1-2H3,(H2,13,14,15). The average molecular weight is 239 g/mol. The Labute approximate surface area is 96.3 Å². The molecule has 0 saturated carbocycles. The molecule has 2 heterocycles. The third-order valence-electron chi connectivity index (χ3n) is 2.16. The van der Waals surface area contributed by atoms with Gasteiger partial charge >= 0.3 is 0 Å². The number of aryl methyl sites for hydroxylation is 2. The summed E-state index contributed by atoms with van der Waals surface area (Å²) in [5.41, 5.74) is 6.36. The van der Waals surface area contributed by atoms with E-state index in [0.29, 0.717) is 11.4 Å². The Bertz CT molecular complexity index is 529. The summed E-state index contributed by atoms with van der Waals surface area (Å²) in [5, 5.41) is 3.98. The SMILES string of the molecule is Cc1cc(-n2nc(C)cc2C(F)F)nc(N)n1. The normalized spacial score (nSPS) is 11.1. The van der Waals surface area contributed by atoms with E-state index in [4.69, 9.17) is 5.73 Å². The maximum atomic E-state index is 12.8. The zero-order valence-corrected chi connectivity index (χ0v) is 9.35. The summed E-state index contributed by atoms with van der Waals surface area (Å²) in [7, 11) is 0. The molecule has 0 saturated heterocycles. The molecule has 0 fully saturated rings. The van der Waals surface area contributed by atoms with Gasteiger partial charge in [-0.3, -0.25) is 0 Å². The molecule has 0 unspecified atom stereocenters. The number of nitrogens with two attached hydrogens (primary N) is 1. The second-order valence-corrected chi connectivity index (χ2v) is 3.65. The van der Waals surface area contributed by atoms with E-state index in [1.54, 1.807) is 19.9 Å². The first-order valence-electron chi connectivity index (χ1n) is 4.93. The molecule has 0 amide bonds. The first-order chi connectivity index (χ1) is 7.97. The summed E-state index contributed by atoms with van der Waals surface area (Å²) in [6.45, 7) is 3.35. The molecule has 0 aromatic carbocycles. The second-order valence-electron chi connectivity index (χ2n) is 3.65. The number of hydrogen-bond acceptors (Lipinski definition) is 4. The molecule has 7 heteroatoms. The number of rotatable bonds is 2. The third-order valence-corrected chi connectivity index (χ3v) is 2.16. The predicted molar refractivity (Wildman–Crippen MR) is 58.0 cm³/mol. The van der Waals surface area contributed by atoms with Crippen LogP contribution in [-0.2, 0) is 0 Å². The summed E-state index contributed by atoms with van der Waals surface area (Å²) < 4.78 is 26.7. The fourth-order valence-electron chi connectivity index (χ4n) is 1.54. The predicted octanol–water partition coefficient (Wildman–Crippen LogP) is 1.80. The van der Waals surface area contributed by atoms with Crippen LogP contribution < -0.4 is 5.73 Å². The van der Waals surface area contributed by atoms with E-state index in [0.717, 1.165) is 4.68 Å². The number of anilines is 1. The molecule has 2 aromatic heterocycles.